The summed E-state index contributed by atoms with van der Waals surface area (Å²) in [6, 6.07) is 5.76. The summed E-state index contributed by atoms with van der Waals surface area (Å²) in [4.78, 5) is 18.2. The van der Waals surface area contributed by atoms with E-state index < -0.39 is 0 Å². The van der Waals surface area contributed by atoms with Crippen molar-refractivity contribution in [3.05, 3.63) is 30.1 Å². The molecule has 1 fully saturated rings. The highest BCUT2D eigenvalue weighted by atomic mass is 16.2. The molecular weight excluding hydrogens is 214 g/mol. The van der Waals surface area contributed by atoms with Gasteiger partial charge >= 0.3 is 0 Å². The van der Waals surface area contributed by atoms with Gasteiger partial charge in [-0.25, -0.2) is 0 Å². The van der Waals surface area contributed by atoms with Crippen molar-refractivity contribution in [2.24, 2.45) is 11.7 Å². The summed E-state index contributed by atoms with van der Waals surface area (Å²) < 4.78 is 0. The molecule has 4 nitrogen and oxygen atoms in total. The van der Waals surface area contributed by atoms with Gasteiger partial charge in [0.05, 0.1) is 12.2 Å². The molecule has 0 aliphatic carbocycles. The van der Waals surface area contributed by atoms with Crippen molar-refractivity contribution in [3.8, 4) is 0 Å². The molecular formula is C13H19N3O. The van der Waals surface area contributed by atoms with Crippen molar-refractivity contribution in [1.29, 1.82) is 0 Å². The average molecular weight is 233 g/mol. The van der Waals surface area contributed by atoms with Crippen LogP contribution in [-0.4, -0.2) is 27.9 Å². The van der Waals surface area contributed by atoms with E-state index in [4.69, 9.17) is 5.73 Å². The largest absolute Gasteiger partial charge is 0.331 e. The molecule has 0 aromatic carbocycles. The normalized spacial score (nSPS) is 23.1. The summed E-state index contributed by atoms with van der Waals surface area (Å²) in [7, 11) is 0. The SMILES string of the molecule is CC1(C)C(CN)CC(=O)N1Cc1ccccn1. The molecule has 1 atom stereocenters. The lowest BCUT2D eigenvalue weighted by Gasteiger charge is -2.35. The lowest BCUT2D eigenvalue weighted by Crippen LogP contribution is -2.45. The number of pyridine rings is 1. The quantitative estimate of drug-likeness (QED) is 0.852. The summed E-state index contributed by atoms with van der Waals surface area (Å²) >= 11 is 0. The number of carbonyl (C=O) groups is 1. The molecule has 0 spiro atoms. The Morgan fingerprint density at radius 1 is 1.53 bits per heavy atom. The van der Waals surface area contributed by atoms with Gasteiger partial charge in [-0.15, -0.1) is 0 Å². The average Bonchev–Trinajstić information content (AvgIpc) is 2.53. The molecule has 1 amide bonds. The molecule has 1 aliphatic rings. The molecule has 1 saturated heterocycles. The first kappa shape index (κ1) is 12.0. The highest BCUT2D eigenvalue weighted by Crippen LogP contribution is 2.35. The summed E-state index contributed by atoms with van der Waals surface area (Å²) in [5, 5.41) is 0. The van der Waals surface area contributed by atoms with E-state index in [9.17, 15) is 4.79 Å². The van der Waals surface area contributed by atoms with E-state index in [1.54, 1.807) is 6.20 Å². The van der Waals surface area contributed by atoms with Crippen LogP contribution < -0.4 is 5.73 Å². The van der Waals surface area contributed by atoms with Crippen LogP contribution in [0.1, 0.15) is 26.0 Å². The molecule has 4 heteroatoms. The molecule has 1 aromatic heterocycles. The van der Waals surface area contributed by atoms with Crippen LogP contribution in [0.25, 0.3) is 0 Å². The van der Waals surface area contributed by atoms with Crippen molar-refractivity contribution >= 4 is 5.91 Å². The van der Waals surface area contributed by atoms with E-state index in [0.29, 0.717) is 19.5 Å². The number of hydrogen-bond donors (Lipinski definition) is 1. The van der Waals surface area contributed by atoms with E-state index in [-0.39, 0.29) is 17.4 Å². The van der Waals surface area contributed by atoms with Gasteiger partial charge in [0.15, 0.2) is 0 Å². The fourth-order valence-electron chi connectivity index (χ4n) is 2.43. The predicted octanol–water partition coefficient (Wildman–Crippen LogP) is 1.17. The van der Waals surface area contributed by atoms with Crippen LogP contribution in [0.3, 0.4) is 0 Å². The highest BCUT2D eigenvalue weighted by Gasteiger charge is 2.45. The zero-order chi connectivity index (χ0) is 12.5. The van der Waals surface area contributed by atoms with Crippen LogP contribution in [0.2, 0.25) is 0 Å². The topological polar surface area (TPSA) is 59.2 Å². The van der Waals surface area contributed by atoms with Gasteiger partial charge in [-0.2, -0.15) is 0 Å². The Morgan fingerprint density at radius 2 is 2.29 bits per heavy atom. The van der Waals surface area contributed by atoms with E-state index in [1.807, 2.05) is 23.1 Å². The fraction of sp³-hybridized carbons (Fsp3) is 0.538. The minimum absolute atomic E-state index is 0.177. The summed E-state index contributed by atoms with van der Waals surface area (Å²) in [6.45, 7) is 5.29. The van der Waals surface area contributed by atoms with E-state index in [2.05, 4.69) is 18.8 Å². The van der Waals surface area contributed by atoms with Gasteiger partial charge in [-0.1, -0.05) is 6.07 Å². The van der Waals surface area contributed by atoms with Crippen molar-refractivity contribution in [2.45, 2.75) is 32.4 Å². The molecule has 2 N–H and O–H groups in total. The summed E-state index contributed by atoms with van der Waals surface area (Å²) in [5.74, 6) is 0.412. The lowest BCUT2D eigenvalue weighted by molar-refractivity contribution is -0.131. The minimum Gasteiger partial charge on any atom is -0.331 e. The zero-order valence-electron chi connectivity index (χ0n) is 10.4. The van der Waals surface area contributed by atoms with Crippen molar-refractivity contribution < 1.29 is 4.79 Å². The number of carbonyl (C=O) groups excluding carboxylic acids is 1. The predicted molar refractivity (Wildman–Crippen MR) is 66.0 cm³/mol. The second-order valence-corrected chi connectivity index (χ2v) is 5.09. The van der Waals surface area contributed by atoms with Crippen molar-refractivity contribution in [3.63, 3.8) is 0 Å². The Balaban J connectivity index is 2.18. The Kier molecular flexibility index (Phi) is 3.15. The third kappa shape index (κ3) is 2.17. The number of nitrogens with two attached hydrogens (primary N) is 1. The van der Waals surface area contributed by atoms with Crippen LogP contribution in [0.5, 0.6) is 0 Å². The number of nitrogens with zero attached hydrogens (tertiary/aromatic N) is 2. The van der Waals surface area contributed by atoms with Crippen LogP contribution in [0, 0.1) is 5.92 Å². The van der Waals surface area contributed by atoms with Gasteiger partial charge in [-0.05, 0) is 32.5 Å². The van der Waals surface area contributed by atoms with Crippen LogP contribution in [0.15, 0.2) is 24.4 Å². The first-order valence-corrected chi connectivity index (χ1v) is 5.96. The van der Waals surface area contributed by atoms with Gasteiger partial charge < -0.3 is 10.6 Å². The molecule has 1 unspecified atom stereocenters. The van der Waals surface area contributed by atoms with Gasteiger partial charge in [0.2, 0.25) is 5.91 Å². The molecule has 0 saturated carbocycles. The number of rotatable bonds is 3. The maximum absolute atomic E-state index is 12.0. The maximum atomic E-state index is 12.0. The zero-order valence-corrected chi connectivity index (χ0v) is 10.4. The number of hydrogen-bond acceptors (Lipinski definition) is 3. The molecule has 92 valence electrons. The van der Waals surface area contributed by atoms with Gasteiger partial charge in [0.25, 0.3) is 0 Å². The highest BCUT2D eigenvalue weighted by molar-refractivity contribution is 5.80. The monoisotopic (exact) mass is 233 g/mol. The molecule has 2 rings (SSSR count). The van der Waals surface area contributed by atoms with Crippen LogP contribution >= 0.6 is 0 Å². The molecule has 1 aromatic rings. The Labute approximate surface area is 102 Å². The third-order valence-electron chi connectivity index (χ3n) is 3.75. The van der Waals surface area contributed by atoms with Gasteiger partial charge in [0, 0.05) is 24.1 Å². The summed E-state index contributed by atoms with van der Waals surface area (Å²) in [5.41, 5.74) is 6.48. The first-order chi connectivity index (χ1) is 8.05. The lowest BCUT2D eigenvalue weighted by atomic mass is 9.88. The Hall–Kier alpha value is -1.42. The van der Waals surface area contributed by atoms with Crippen LogP contribution in [-0.2, 0) is 11.3 Å². The summed E-state index contributed by atoms with van der Waals surface area (Å²) in [6.07, 6.45) is 2.31. The second kappa shape index (κ2) is 4.45. The Morgan fingerprint density at radius 3 is 2.82 bits per heavy atom. The van der Waals surface area contributed by atoms with E-state index in [1.165, 1.54) is 0 Å². The standard InChI is InChI=1S/C13H19N3O/c1-13(2)10(8-14)7-12(17)16(13)9-11-5-3-4-6-15-11/h3-6,10H,7-9,14H2,1-2H3. The fourth-order valence-corrected chi connectivity index (χ4v) is 2.43. The van der Waals surface area contributed by atoms with Crippen molar-refractivity contribution in [2.75, 3.05) is 6.54 Å². The smallest absolute Gasteiger partial charge is 0.223 e. The number of amides is 1. The molecule has 0 radical (unpaired) electrons. The molecule has 1 aliphatic heterocycles. The molecule has 2 heterocycles. The van der Waals surface area contributed by atoms with Gasteiger partial charge in [-0.3, -0.25) is 9.78 Å². The first-order valence-electron chi connectivity index (χ1n) is 5.96. The number of likely N-dealkylation sites (tertiary alicyclic amines) is 1. The Bertz CT molecular complexity index is 402. The number of aromatic nitrogens is 1. The van der Waals surface area contributed by atoms with Gasteiger partial charge in [0.1, 0.15) is 0 Å². The maximum Gasteiger partial charge on any atom is 0.223 e. The van der Waals surface area contributed by atoms with Crippen molar-refractivity contribution in [1.82, 2.24) is 9.88 Å². The van der Waals surface area contributed by atoms with E-state index in [0.717, 1.165) is 5.69 Å². The molecule has 17 heavy (non-hydrogen) atoms. The van der Waals surface area contributed by atoms with E-state index >= 15 is 0 Å². The van der Waals surface area contributed by atoms with Crippen LogP contribution in [0.4, 0.5) is 0 Å². The second-order valence-electron chi connectivity index (χ2n) is 5.09. The molecule has 0 bridgehead atoms. The minimum atomic E-state index is -0.177. The third-order valence-corrected chi connectivity index (χ3v) is 3.75.